The molecule has 19 heavy (non-hydrogen) atoms. The van der Waals surface area contributed by atoms with Crippen molar-refractivity contribution in [2.45, 2.75) is 26.8 Å². The molecule has 5 nitrogen and oxygen atoms in total. The molecule has 0 heterocycles. The van der Waals surface area contributed by atoms with Gasteiger partial charge in [-0.1, -0.05) is 6.08 Å². The molecule has 0 unspecified atom stereocenters. The molecule has 0 aromatic heterocycles. The summed E-state index contributed by atoms with van der Waals surface area (Å²) in [5.74, 6) is -0.187. The van der Waals surface area contributed by atoms with Crippen molar-refractivity contribution in [1.82, 2.24) is 0 Å². The largest absolute Gasteiger partial charge is 0.365 e. The Balaban J connectivity index is 3.36. The smallest absolute Gasteiger partial charge is 0.270 e. The topological polar surface area (TPSA) is 63.4 Å². The van der Waals surface area contributed by atoms with Crippen LogP contribution in [0.25, 0.3) is 0 Å². The summed E-state index contributed by atoms with van der Waals surface area (Å²) in [6.07, 6.45) is 1.74. The van der Waals surface area contributed by atoms with Gasteiger partial charge in [-0.25, -0.2) is 0 Å². The van der Waals surface area contributed by atoms with Gasteiger partial charge in [0.25, 0.3) is 5.69 Å². The van der Waals surface area contributed by atoms with E-state index in [1.54, 1.807) is 12.1 Å². The van der Waals surface area contributed by atoms with Gasteiger partial charge in [0.05, 0.1) is 4.92 Å². The molecular formula is C14H18N2O3. The maximum absolute atomic E-state index is 11.7. The Labute approximate surface area is 112 Å². The molecule has 0 bridgehead atoms. The van der Waals surface area contributed by atoms with Crippen LogP contribution in [0.15, 0.2) is 30.9 Å². The maximum Gasteiger partial charge on any atom is 0.270 e. The summed E-state index contributed by atoms with van der Waals surface area (Å²) in [7, 11) is 0. The van der Waals surface area contributed by atoms with E-state index < -0.39 is 4.92 Å². The fraction of sp³-hybridized carbons (Fsp3) is 0.357. The van der Waals surface area contributed by atoms with E-state index in [0.717, 1.165) is 0 Å². The van der Waals surface area contributed by atoms with Crippen LogP contribution in [0.1, 0.15) is 31.1 Å². The van der Waals surface area contributed by atoms with Crippen LogP contribution in [-0.2, 0) is 0 Å². The lowest BCUT2D eigenvalue weighted by atomic mass is 10.1. The quantitative estimate of drug-likeness (QED) is 0.342. The van der Waals surface area contributed by atoms with Crippen LogP contribution in [0.2, 0.25) is 0 Å². The van der Waals surface area contributed by atoms with Crippen LogP contribution in [0, 0.1) is 10.1 Å². The number of anilines is 1. The highest BCUT2D eigenvalue weighted by molar-refractivity contribution is 6.00. The Morgan fingerprint density at radius 2 is 2.16 bits per heavy atom. The number of ketones is 1. The second-order valence-corrected chi connectivity index (χ2v) is 4.55. The van der Waals surface area contributed by atoms with Crippen molar-refractivity contribution in [1.29, 1.82) is 0 Å². The monoisotopic (exact) mass is 262 g/mol. The fourth-order valence-corrected chi connectivity index (χ4v) is 1.90. The number of carbonyl (C=O) groups excluding carboxylic acids is 1. The zero-order chi connectivity index (χ0) is 14.6. The molecule has 1 aromatic rings. The van der Waals surface area contributed by atoms with Gasteiger partial charge in [0, 0.05) is 36.0 Å². The Hall–Kier alpha value is -2.17. The molecule has 0 saturated carbocycles. The van der Waals surface area contributed by atoms with Gasteiger partial charge >= 0.3 is 0 Å². The van der Waals surface area contributed by atoms with Crippen LogP contribution in [0.3, 0.4) is 0 Å². The molecule has 0 aliphatic rings. The summed E-state index contributed by atoms with van der Waals surface area (Å²) < 4.78 is 0. The van der Waals surface area contributed by atoms with Gasteiger partial charge in [-0.05, 0) is 26.8 Å². The van der Waals surface area contributed by atoms with Gasteiger partial charge in [-0.2, -0.15) is 0 Å². The van der Waals surface area contributed by atoms with E-state index in [1.807, 2.05) is 18.7 Å². The molecule has 0 radical (unpaired) electrons. The number of nitrogens with zero attached hydrogens (tertiary/aromatic N) is 2. The Morgan fingerprint density at radius 1 is 1.53 bits per heavy atom. The minimum atomic E-state index is -0.497. The summed E-state index contributed by atoms with van der Waals surface area (Å²) in [5.41, 5.74) is 0.994. The first kappa shape index (κ1) is 14.9. The van der Waals surface area contributed by atoms with E-state index in [-0.39, 0.29) is 17.5 Å². The lowest BCUT2D eigenvalue weighted by Gasteiger charge is -2.29. The highest BCUT2D eigenvalue weighted by Crippen LogP contribution is 2.27. The number of hydrogen-bond donors (Lipinski definition) is 0. The number of benzene rings is 1. The van der Waals surface area contributed by atoms with Crippen LogP contribution in [0.4, 0.5) is 11.4 Å². The molecular weight excluding hydrogens is 244 g/mol. The lowest BCUT2D eigenvalue weighted by molar-refractivity contribution is -0.384. The van der Waals surface area contributed by atoms with E-state index in [9.17, 15) is 14.9 Å². The minimum absolute atomic E-state index is 0.0729. The molecule has 0 aliphatic heterocycles. The number of nitro groups is 1. The second kappa shape index (κ2) is 6.13. The second-order valence-electron chi connectivity index (χ2n) is 4.55. The van der Waals surface area contributed by atoms with Gasteiger partial charge in [0.2, 0.25) is 0 Å². The van der Waals surface area contributed by atoms with Crippen molar-refractivity contribution in [3.63, 3.8) is 0 Å². The predicted octanol–water partition coefficient (Wildman–Crippen LogP) is 3.20. The number of non-ortho nitro benzene ring substituents is 1. The first-order valence-corrected chi connectivity index (χ1v) is 6.05. The van der Waals surface area contributed by atoms with E-state index in [0.29, 0.717) is 17.8 Å². The first-order valence-electron chi connectivity index (χ1n) is 6.05. The molecule has 1 rings (SSSR count). The van der Waals surface area contributed by atoms with Gasteiger partial charge in [0.15, 0.2) is 5.78 Å². The molecule has 5 heteroatoms. The molecule has 1 aromatic carbocycles. The predicted molar refractivity (Wildman–Crippen MR) is 75.8 cm³/mol. The summed E-state index contributed by atoms with van der Waals surface area (Å²) in [6, 6.07) is 4.53. The fourth-order valence-electron chi connectivity index (χ4n) is 1.90. The van der Waals surface area contributed by atoms with Gasteiger partial charge in [-0.15, -0.1) is 6.58 Å². The number of rotatable bonds is 6. The molecule has 0 N–H and O–H groups in total. The molecule has 0 fully saturated rings. The zero-order valence-electron chi connectivity index (χ0n) is 11.4. The molecule has 102 valence electrons. The van der Waals surface area contributed by atoms with Crippen molar-refractivity contribution >= 4 is 17.2 Å². The van der Waals surface area contributed by atoms with Gasteiger partial charge < -0.3 is 4.90 Å². The van der Waals surface area contributed by atoms with Crippen molar-refractivity contribution in [2.24, 2.45) is 0 Å². The third-order valence-electron chi connectivity index (χ3n) is 2.83. The Morgan fingerprint density at radius 3 is 2.58 bits per heavy atom. The lowest BCUT2D eigenvalue weighted by Crippen LogP contribution is -2.32. The summed E-state index contributed by atoms with van der Waals surface area (Å²) >= 11 is 0. The third kappa shape index (κ3) is 3.40. The van der Waals surface area contributed by atoms with E-state index in [4.69, 9.17) is 0 Å². The first-order chi connectivity index (χ1) is 8.88. The zero-order valence-corrected chi connectivity index (χ0v) is 11.4. The van der Waals surface area contributed by atoms with Crippen LogP contribution in [-0.4, -0.2) is 23.3 Å². The van der Waals surface area contributed by atoms with E-state index >= 15 is 0 Å². The average Bonchev–Trinajstić information content (AvgIpc) is 2.34. The van der Waals surface area contributed by atoms with Crippen molar-refractivity contribution in [2.75, 3.05) is 11.4 Å². The number of Topliss-reactive ketones (excluding diaryl/α,β-unsaturated/α-hetero) is 1. The Kier molecular flexibility index (Phi) is 4.80. The highest BCUT2D eigenvalue weighted by atomic mass is 16.6. The molecule has 0 saturated heterocycles. The number of carbonyl (C=O) groups is 1. The van der Waals surface area contributed by atoms with Crippen molar-refractivity contribution < 1.29 is 9.72 Å². The van der Waals surface area contributed by atoms with E-state index in [1.165, 1.54) is 19.1 Å². The van der Waals surface area contributed by atoms with Gasteiger partial charge in [0.1, 0.15) is 0 Å². The highest BCUT2D eigenvalue weighted by Gasteiger charge is 2.19. The maximum atomic E-state index is 11.7. The van der Waals surface area contributed by atoms with E-state index in [2.05, 4.69) is 6.58 Å². The molecule has 0 amide bonds. The minimum Gasteiger partial charge on any atom is -0.365 e. The van der Waals surface area contributed by atoms with Crippen molar-refractivity contribution in [3.05, 3.63) is 46.5 Å². The standard InChI is InChI=1S/C14H18N2O3/c1-5-8-15(10(2)3)14-7-6-12(16(18)19)9-13(14)11(4)17/h5-7,9-10H,1,8H2,2-4H3. The third-order valence-corrected chi connectivity index (χ3v) is 2.83. The summed E-state index contributed by atoms with van der Waals surface area (Å²) in [5, 5.41) is 10.8. The molecule has 0 spiro atoms. The van der Waals surface area contributed by atoms with Crippen molar-refractivity contribution in [3.8, 4) is 0 Å². The average molecular weight is 262 g/mol. The Bertz CT molecular complexity index is 509. The summed E-state index contributed by atoms with van der Waals surface area (Å²) in [4.78, 5) is 24.0. The van der Waals surface area contributed by atoms with Crippen LogP contribution < -0.4 is 4.90 Å². The summed E-state index contributed by atoms with van der Waals surface area (Å²) in [6.45, 7) is 9.67. The van der Waals surface area contributed by atoms with Crippen LogP contribution in [0.5, 0.6) is 0 Å². The molecule has 0 atom stereocenters. The number of hydrogen-bond acceptors (Lipinski definition) is 4. The number of nitro benzene ring substituents is 1. The van der Waals surface area contributed by atoms with Crippen LogP contribution >= 0.6 is 0 Å². The SMILES string of the molecule is C=CCN(c1ccc([N+](=O)[O-])cc1C(C)=O)C(C)C. The molecule has 0 aliphatic carbocycles. The normalized spacial score (nSPS) is 10.3. The van der Waals surface area contributed by atoms with Gasteiger partial charge in [-0.3, -0.25) is 14.9 Å².